The van der Waals surface area contributed by atoms with Gasteiger partial charge in [0.2, 0.25) is 5.91 Å². The number of carbonyl (C=O) groups excluding carboxylic acids is 1. The van der Waals surface area contributed by atoms with Gasteiger partial charge in [0.05, 0.1) is 30.7 Å². The van der Waals surface area contributed by atoms with E-state index in [0.717, 1.165) is 28.8 Å². The van der Waals surface area contributed by atoms with Crippen LogP contribution in [0.1, 0.15) is 33.4 Å². The lowest BCUT2D eigenvalue weighted by Crippen LogP contribution is -2.47. The van der Waals surface area contributed by atoms with Crippen molar-refractivity contribution in [3.05, 3.63) is 95.6 Å². The van der Waals surface area contributed by atoms with Crippen LogP contribution >= 0.6 is 0 Å². The number of nitrogens with one attached hydrogen (secondary N) is 1. The van der Waals surface area contributed by atoms with Crippen LogP contribution in [0.15, 0.2) is 78.9 Å². The minimum absolute atomic E-state index is 0.0297. The molecule has 3 aromatic rings. The third kappa shape index (κ3) is 4.34. The Balaban J connectivity index is 1.44. The van der Waals surface area contributed by atoms with Crippen LogP contribution in [0.2, 0.25) is 0 Å². The van der Waals surface area contributed by atoms with Crippen LogP contribution in [-0.4, -0.2) is 54.7 Å². The lowest BCUT2D eigenvalue weighted by Gasteiger charge is -2.38. The van der Waals surface area contributed by atoms with E-state index in [2.05, 4.69) is 23.5 Å². The summed E-state index contributed by atoms with van der Waals surface area (Å²) in [6.45, 7) is 3.00. The molecule has 0 unspecified atom stereocenters. The zero-order chi connectivity index (χ0) is 23.5. The van der Waals surface area contributed by atoms with Crippen molar-refractivity contribution in [1.29, 1.82) is 0 Å². The van der Waals surface area contributed by atoms with E-state index in [9.17, 15) is 14.7 Å². The normalized spacial score (nSPS) is 22.5. The second-order valence-corrected chi connectivity index (χ2v) is 8.87. The number of carboxylic acid groups (broad SMARTS) is 1. The molecule has 0 bridgehead atoms. The predicted octanol–water partition coefficient (Wildman–Crippen LogP) is 3.95. The molecule has 0 saturated carbocycles. The molecule has 2 N–H and O–H groups in total. The number of benzene rings is 3. The summed E-state index contributed by atoms with van der Waals surface area (Å²) >= 11 is 0. The molecule has 174 valence electrons. The average Bonchev–Trinajstić information content (AvgIpc) is 3.39. The highest BCUT2D eigenvalue weighted by atomic mass is 16.5. The maximum absolute atomic E-state index is 13.9. The van der Waals surface area contributed by atoms with Gasteiger partial charge in [0.1, 0.15) is 0 Å². The molecule has 6 nitrogen and oxygen atoms in total. The number of ether oxygens (including phenoxy) is 1. The third-order valence-corrected chi connectivity index (χ3v) is 6.93. The van der Waals surface area contributed by atoms with E-state index >= 15 is 0 Å². The fourth-order valence-corrected chi connectivity index (χ4v) is 5.17. The first-order valence-electron chi connectivity index (χ1n) is 11.7. The Hall–Kier alpha value is -3.48. The summed E-state index contributed by atoms with van der Waals surface area (Å²) in [6.07, 6.45) is 0. The highest BCUT2D eigenvalue weighted by Gasteiger charge is 2.40. The van der Waals surface area contributed by atoms with Gasteiger partial charge in [-0.15, -0.1) is 0 Å². The molecule has 0 aliphatic carbocycles. The van der Waals surface area contributed by atoms with Gasteiger partial charge in [0, 0.05) is 25.6 Å². The summed E-state index contributed by atoms with van der Waals surface area (Å²) in [5, 5.41) is 12.7. The Morgan fingerprint density at radius 2 is 1.65 bits per heavy atom. The van der Waals surface area contributed by atoms with Crippen LogP contribution in [0.4, 0.5) is 0 Å². The van der Waals surface area contributed by atoms with Crippen molar-refractivity contribution in [2.45, 2.75) is 12.0 Å². The van der Waals surface area contributed by atoms with E-state index in [4.69, 9.17) is 4.74 Å². The number of amides is 1. The number of aromatic carboxylic acids is 1. The molecule has 0 aromatic heterocycles. The van der Waals surface area contributed by atoms with Crippen LogP contribution in [0.25, 0.3) is 11.1 Å². The van der Waals surface area contributed by atoms with Gasteiger partial charge in [0.15, 0.2) is 0 Å². The van der Waals surface area contributed by atoms with Gasteiger partial charge in [0.25, 0.3) is 0 Å². The molecule has 3 aromatic carbocycles. The summed E-state index contributed by atoms with van der Waals surface area (Å²) in [5.74, 6) is -0.932. The van der Waals surface area contributed by atoms with E-state index in [0.29, 0.717) is 26.3 Å². The first-order valence-corrected chi connectivity index (χ1v) is 11.7. The van der Waals surface area contributed by atoms with Crippen LogP contribution in [-0.2, 0) is 9.53 Å². The van der Waals surface area contributed by atoms with Gasteiger partial charge in [-0.3, -0.25) is 4.79 Å². The molecule has 2 aliphatic heterocycles. The highest BCUT2D eigenvalue weighted by molar-refractivity contribution is 5.88. The standard InChI is InChI=1S/C28H28N2O4/c31-27(30-14-15-34-18-26(30)20-6-2-1-3-7-20)25-17-29-16-24(25)23-9-5-4-8-22(23)19-10-12-21(13-11-19)28(32)33/h1-13,24-26,29H,14-18H2,(H,32,33)/t24-,25+,26+/m0/s1. The number of hydrogen-bond acceptors (Lipinski definition) is 4. The van der Waals surface area contributed by atoms with E-state index in [1.165, 1.54) is 0 Å². The van der Waals surface area contributed by atoms with Crippen molar-refractivity contribution in [3.63, 3.8) is 0 Å². The molecule has 0 radical (unpaired) electrons. The van der Waals surface area contributed by atoms with Gasteiger partial charge in [-0.1, -0.05) is 66.7 Å². The largest absolute Gasteiger partial charge is 0.478 e. The lowest BCUT2D eigenvalue weighted by atomic mass is 9.83. The van der Waals surface area contributed by atoms with Crippen molar-refractivity contribution in [2.75, 3.05) is 32.8 Å². The quantitative estimate of drug-likeness (QED) is 0.608. The molecule has 6 heteroatoms. The van der Waals surface area contributed by atoms with Gasteiger partial charge < -0.3 is 20.1 Å². The first kappa shape index (κ1) is 22.3. The summed E-state index contributed by atoms with van der Waals surface area (Å²) in [6, 6.07) is 25.1. The molecule has 34 heavy (non-hydrogen) atoms. The van der Waals surface area contributed by atoms with Gasteiger partial charge in [-0.25, -0.2) is 4.79 Å². The van der Waals surface area contributed by atoms with Crippen molar-refractivity contribution < 1.29 is 19.4 Å². The lowest BCUT2D eigenvalue weighted by molar-refractivity contribution is -0.144. The minimum Gasteiger partial charge on any atom is -0.478 e. The zero-order valence-electron chi connectivity index (χ0n) is 18.9. The summed E-state index contributed by atoms with van der Waals surface area (Å²) in [4.78, 5) is 27.2. The second kappa shape index (κ2) is 9.79. The smallest absolute Gasteiger partial charge is 0.335 e. The third-order valence-electron chi connectivity index (χ3n) is 6.93. The number of hydrogen-bond donors (Lipinski definition) is 2. The second-order valence-electron chi connectivity index (χ2n) is 8.87. The van der Waals surface area contributed by atoms with Crippen molar-refractivity contribution in [2.24, 2.45) is 5.92 Å². The summed E-state index contributed by atoms with van der Waals surface area (Å²) in [7, 11) is 0. The molecular weight excluding hydrogens is 428 g/mol. The molecule has 2 heterocycles. The zero-order valence-corrected chi connectivity index (χ0v) is 18.9. The SMILES string of the molecule is O=C(O)c1ccc(-c2ccccc2[C@@H]2CNC[C@H]2C(=O)N2CCOC[C@@H]2c2ccccc2)cc1. The Labute approximate surface area is 199 Å². The van der Waals surface area contributed by atoms with Crippen LogP contribution in [0.3, 0.4) is 0 Å². The predicted molar refractivity (Wildman–Crippen MR) is 130 cm³/mol. The Morgan fingerprint density at radius 1 is 0.912 bits per heavy atom. The van der Waals surface area contributed by atoms with Crippen molar-refractivity contribution >= 4 is 11.9 Å². The van der Waals surface area contributed by atoms with E-state index in [1.807, 2.05) is 53.4 Å². The van der Waals surface area contributed by atoms with Crippen LogP contribution < -0.4 is 5.32 Å². The van der Waals surface area contributed by atoms with Crippen LogP contribution in [0, 0.1) is 5.92 Å². The maximum atomic E-state index is 13.9. The maximum Gasteiger partial charge on any atom is 0.335 e. The van der Waals surface area contributed by atoms with E-state index in [1.54, 1.807) is 12.1 Å². The molecule has 1 amide bonds. The van der Waals surface area contributed by atoms with Crippen molar-refractivity contribution in [1.82, 2.24) is 10.2 Å². The average molecular weight is 457 g/mol. The Kier molecular flexibility index (Phi) is 6.43. The number of nitrogens with zero attached hydrogens (tertiary/aromatic N) is 1. The molecule has 2 aliphatic rings. The number of carboxylic acids is 1. The van der Waals surface area contributed by atoms with Crippen LogP contribution in [0.5, 0.6) is 0 Å². The van der Waals surface area contributed by atoms with Gasteiger partial charge in [-0.05, 0) is 34.4 Å². The van der Waals surface area contributed by atoms with Gasteiger partial charge >= 0.3 is 5.97 Å². The molecule has 2 fully saturated rings. The Morgan fingerprint density at radius 3 is 2.41 bits per heavy atom. The number of rotatable bonds is 5. The monoisotopic (exact) mass is 456 g/mol. The molecule has 5 rings (SSSR count). The van der Waals surface area contributed by atoms with E-state index < -0.39 is 5.97 Å². The highest BCUT2D eigenvalue weighted by Crippen LogP contribution is 2.38. The number of carbonyl (C=O) groups is 2. The summed E-state index contributed by atoms with van der Waals surface area (Å²) in [5.41, 5.74) is 4.45. The topological polar surface area (TPSA) is 78.9 Å². The molecule has 3 atom stereocenters. The summed E-state index contributed by atoms with van der Waals surface area (Å²) < 4.78 is 5.74. The van der Waals surface area contributed by atoms with E-state index in [-0.39, 0.29) is 29.3 Å². The fourth-order valence-electron chi connectivity index (χ4n) is 5.17. The first-order chi connectivity index (χ1) is 16.6. The minimum atomic E-state index is -0.941. The molecule has 0 spiro atoms. The Bertz CT molecular complexity index is 1160. The van der Waals surface area contributed by atoms with Crippen molar-refractivity contribution in [3.8, 4) is 11.1 Å². The van der Waals surface area contributed by atoms with Gasteiger partial charge in [-0.2, -0.15) is 0 Å². The molecular formula is C28H28N2O4. The molecule has 2 saturated heterocycles. The number of morpholine rings is 1. The fraction of sp³-hybridized carbons (Fsp3) is 0.286.